The first-order valence-electron chi connectivity index (χ1n) is 6.18. The third kappa shape index (κ3) is 2.33. The van der Waals surface area contributed by atoms with Crippen molar-refractivity contribution in [2.75, 3.05) is 0 Å². The Morgan fingerprint density at radius 3 is 2.85 bits per heavy atom. The van der Waals surface area contributed by atoms with E-state index in [1.807, 2.05) is 48.1 Å². The molecule has 2 heterocycles. The zero-order valence-electron chi connectivity index (χ0n) is 10.9. The first-order valence-corrected chi connectivity index (χ1v) is 6.97. The number of hydrogen-bond acceptors (Lipinski definition) is 4. The van der Waals surface area contributed by atoms with Gasteiger partial charge in [0.25, 0.3) is 0 Å². The summed E-state index contributed by atoms with van der Waals surface area (Å²) in [5.74, 6) is 5.70. The van der Waals surface area contributed by atoms with Crippen molar-refractivity contribution in [3.05, 3.63) is 58.7 Å². The quantitative estimate of drug-likeness (QED) is 0.570. The van der Waals surface area contributed by atoms with Gasteiger partial charge < -0.3 is 4.57 Å². The van der Waals surface area contributed by atoms with Gasteiger partial charge in [-0.25, -0.2) is 15.4 Å². The number of para-hydroxylation sites is 1. The van der Waals surface area contributed by atoms with Crippen molar-refractivity contribution in [3.63, 3.8) is 0 Å². The molecule has 0 radical (unpaired) electrons. The highest BCUT2D eigenvalue weighted by atomic mass is 79.9. The van der Waals surface area contributed by atoms with Crippen LogP contribution in [0.3, 0.4) is 0 Å². The first kappa shape index (κ1) is 13.2. The summed E-state index contributed by atoms with van der Waals surface area (Å²) in [6, 6.07) is 9.77. The number of benzene rings is 1. The van der Waals surface area contributed by atoms with Crippen LogP contribution in [0.4, 0.5) is 0 Å². The van der Waals surface area contributed by atoms with Gasteiger partial charge in [0.15, 0.2) is 0 Å². The predicted molar refractivity (Wildman–Crippen MR) is 81.8 cm³/mol. The maximum atomic E-state index is 5.70. The molecule has 0 fully saturated rings. The molecule has 1 aromatic carbocycles. The molecule has 6 heteroatoms. The van der Waals surface area contributed by atoms with Gasteiger partial charge >= 0.3 is 0 Å². The Labute approximate surface area is 124 Å². The Kier molecular flexibility index (Phi) is 3.52. The molecule has 0 saturated carbocycles. The summed E-state index contributed by atoms with van der Waals surface area (Å²) >= 11 is 3.57. The summed E-state index contributed by atoms with van der Waals surface area (Å²) < 4.78 is 2.79. The zero-order chi connectivity index (χ0) is 14.1. The van der Waals surface area contributed by atoms with Gasteiger partial charge in [-0.2, -0.15) is 0 Å². The Morgan fingerprint density at radius 1 is 1.35 bits per heavy atom. The number of imidazole rings is 1. The normalized spacial score (nSPS) is 12.8. The Balaban J connectivity index is 2.14. The molecule has 3 aromatic rings. The molecule has 0 aliphatic rings. The van der Waals surface area contributed by atoms with Crippen molar-refractivity contribution in [1.29, 1.82) is 0 Å². The molecule has 0 bridgehead atoms. The zero-order valence-corrected chi connectivity index (χ0v) is 12.5. The van der Waals surface area contributed by atoms with E-state index < -0.39 is 0 Å². The van der Waals surface area contributed by atoms with Crippen molar-refractivity contribution in [2.24, 2.45) is 12.9 Å². The number of aryl methyl sites for hydroxylation is 1. The van der Waals surface area contributed by atoms with Crippen molar-refractivity contribution < 1.29 is 0 Å². The molecule has 0 aliphatic heterocycles. The lowest BCUT2D eigenvalue weighted by Crippen LogP contribution is -2.30. The van der Waals surface area contributed by atoms with E-state index in [1.165, 1.54) is 0 Å². The molecule has 1 atom stereocenters. The summed E-state index contributed by atoms with van der Waals surface area (Å²) in [6.07, 6.45) is 3.67. The molecule has 3 rings (SSSR count). The highest BCUT2D eigenvalue weighted by molar-refractivity contribution is 9.10. The van der Waals surface area contributed by atoms with E-state index in [0.717, 1.165) is 26.8 Å². The molecule has 20 heavy (non-hydrogen) atoms. The summed E-state index contributed by atoms with van der Waals surface area (Å²) in [4.78, 5) is 9.04. The second-order valence-electron chi connectivity index (χ2n) is 4.61. The van der Waals surface area contributed by atoms with Gasteiger partial charge in [0.2, 0.25) is 0 Å². The van der Waals surface area contributed by atoms with Crippen LogP contribution >= 0.6 is 15.9 Å². The van der Waals surface area contributed by atoms with Crippen LogP contribution in [-0.4, -0.2) is 14.5 Å². The molecule has 2 aromatic heterocycles. The molecule has 0 saturated heterocycles. The molecule has 0 spiro atoms. The van der Waals surface area contributed by atoms with Crippen LogP contribution in [0, 0.1) is 0 Å². The number of aromatic nitrogens is 3. The van der Waals surface area contributed by atoms with Gasteiger partial charge in [-0.05, 0) is 28.1 Å². The molecule has 0 aliphatic carbocycles. The minimum atomic E-state index is -0.254. The Morgan fingerprint density at radius 2 is 2.15 bits per heavy atom. The number of pyridine rings is 1. The van der Waals surface area contributed by atoms with E-state index in [4.69, 9.17) is 10.8 Å². The van der Waals surface area contributed by atoms with Crippen LogP contribution in [-0.2, 0) is 7.05 Å². The monoisotopic (exact) mass is 331 g/mol. The van der Waals surface area contributed by atoms with Crippen LogP contribution in [0.2, 0.25) is 0 Å². The van der Waals surface area contributed by atoms with Crippen LogP contribution in [0.1, 0.15) is 17.4 Å². The lowest BCUT2D eigenvalue weighted by atomic mass is 10.1. The Bertz CT molecular complexity index is 752. The maximum Gasteiger partial charge on any atom is 0.108 e. The van der Waals surface area contributed by atoms with Crippen LogP contribution in [0.5, 0.6) is 0 Å². The number of fused-ring (bicyclic) bond motifs is 1. The smallest absolute Gasteiger partial charge is 0.108 e. The van der Waals surface area contributed by atoms with Gasteiger partial charge in [0, 0.05) is 23.1 Å². The van der Waals surface area contributed by atoms with E-state index in [1.54, 1.807) is 6.33 Å². The standard InChI is InChI=1S/C14H14BrN5/c1-20-7-12(17-8-20)14(19-16)13-10(15)6-9-4-2-3-5-11(9)18-13/h2-8,14,19H,16H2,1H3. The molecule has 0 amide bonds. The Hall–Kier alpha value is -1.76. The SMILES string of the molecule is Cn1cnc(C(NN)c2nc3ccccc3cc2Br)c1. The first-order chi connectivity index (χ1) is 9.69. The highest BCUT2D eigenvalue weighted by Crippen LogP contribution is 2.28. The van der Waals surface area contributed by atoms with Gasteiger partial charge in [-0.3, -0.25) is 5.84 Å². The van der Waals surface area contributed by atoms with Crippen molar-refractivity contribution >= 4 is 26.8 Å². The number of halogens is 1. The minimum absolute atomic E-state index is 0.254. The second-order valence-corrected chi connectivity index (χ2v) is 5.47. The van der Waals surface area contributed by atoms with E-state index in [0.29, 0.717) is 0 Å². The highest BCUT2D eigenvalue weighted by Gasteiger charge is 2.20. The maximum absolute atomic E-state index is 5.70. The second kappa shape index (κ2) is 5.32. The molecular weight excluding hydrogens is 318 g/mol. The lowest BCUT2D eigenvalue weighted by Gasteiger charge is -2.15. The fourth-order valence-electron chi connectivity index (χ4n) is 2.19. The summed E-state index contributed by atoms with van der Waals surface area (Å²) in [7, 11) is 1.92. The third-order valence-corrected chi connectivity index (χ3v) is 3.80. The molecular formula is C14H14BrN5. The van der Waals surface area contributed by atoms with Gasteiger partial charge in [-0.15, -0.1) is 0 Å². The number of nitrogens with zero attached hydrogens (tertiary/aromatic N) is 3. The number of nitrogens with two attached hydrogens (primary N) is 1. The number of nitrogens with one attached hydrogen (secondary N) is 1. The summed E-state index contributed by atoms with van der Waals surface area (Å²) in [6.45, 7) is 0. The van der Waals surface area contributed by atoms with Gasteiger partial charge in [0.1, 0.15) is 6.04 Å². The number of hydrogen-bond donors (Lipinski definition) is 2. The third-order valence-electron chi connectivity index (χ3n) is 3.17. The molecule has 102 valence electrons. The van der Waals surface area contributed by atoms with Crippen molar-refractivity contribution in [1.82, 2.24) is 20.0 Å². The van der Waals surface area contributed by atoms with Crippen LogP contribution in [0.25, 0.3) is 10.9 Å². The largest absolute Gasteiger partial charge is 0.340 e. The average molecular weight is 332 g/mol. The predicted octanol–water partition coefficient (Wildman–Crippen LogP) is 2.28. The molecule has 1 unspecified atom stereocenters. The topological polar surface area (TPSA) is 68.8 Å². The van der Waals surface area contributed by atoms with Crippen LogP contribution in [0.15, 0.2) is 47.3 Å². The fourth-order valence-corrected chi connectivity index (χ4v) is 2.76. The number of hydrazine groups is 1. The van der Waals surface area contributed by atoms with Crippen molar-refractivity contribution in [3.8, 4) is 0 Å². The molecule has 5 nitrogen and oxygen atoms in total. The van der Waals surface area contributed by atoms with E-state index >= 15 is 0 Å². The van der Waals surface area contributed by atoms with Crippen molar-refractivity contribution in [2.45, 2.75) is 6.04 Å². The van der Waals surface area contributed by atoms with Gasteiger partial charge in [0.05, 0.1) is 23.2 Å². The minimum Gasteiger partial charge on any atom is -0.340 e. The molecule has 3 N–H and O–H groups in total. The average Bonchev–Trinajstić information content (AvgIpc) is 2.86. The lowest BCUT2D eigenvalue weighted by molar-refractivity contribution is 0.607. The summed E-state index contributed by atoms with van der Waals surface area (Å²) in [5.41, 5.74) is 5.37. The fraction of sp³-hybridized carbons (Fsp3) is 0.143. The van der Waals surface area contributed by atoms with Gasteiger partial charge in [-0.1, -0.05) is 18.2 Å². The number of rotatable bonds is 3. The van der Waals surface area contributed by atoms with E-state index in [-0.39, 0.29) is 6.04 Å². The van der Waals surface area contributed by atoms with E-state index in [9.17, 15) is 0 Å². The van der Waals surface area contributed by atoms with Crippen LogP contribution < -0.4 is 11.3 Å². The summed E-state index contributed by atoms with van der Waals surface area (Å²) in [5, 5.41) is 1.08. The van der Waals surface area contributed by atoms with E-state index in [2.05, 4.69) is 26.3 Å².